The van der Waals surface area contributed by atoms with E-state index >= 15 is 0 Å². The summed E-state index contributed by atoms with van der Waals surface area (Å²) in [4.78, 5) is 5.92. The van der Waals surface area contributed by atoms with Crippen molar-refractivity contribution in [1.82, 2.24) is 4.98 Å². The molecule has 0 N–H and O–H groups in total. The molecule has 2 rings (SSSR count). The Hall–Kier alpha value is 0.110. The van der Waals surface area contributed by atoms with Crippen LogP contribution in [0.2, 0.25) is 0 Å². The van der Waals surface area contributed by atoms with E-state index in [9.17, 15) is 0 Å². The lowest BCUT2D eigenvalue weighted by atomic mass is 9.93. The summed E-state index contributed by atoms with van der Waals surface area (Å²) < 4.78 is 1.05. The Kier molecular flexibility index (Phi) is 2.02. The van der Waals surface area contributed by atoms with Crippen LogP contribution in [0.15, 0.2) is 3.92 Å². The van der Waals surface area contributed by atoms with E-state index in [1.54, 1.807) is 11.3 Å². The fourth-order valence-corrected chi connectivity index (χ4v) is 3.30. The molecule has 1 aliphatic rings. The smallest absolute Gasteiger partial charge is 0.159 e. The minimum atomic E-state index is 0.856. The lowest BCUT2D eigenvalue weighted by molar-refractivity contribution is 0.501. The summed E-state index contributed by atoms with van der Waals surface area (Å²) in [5.74, 6) is 0.856. The van der Waals surface area contributed by atoms with Crippen molar-refractivity contribution in [3.8, 4) is 0 Å². The van der Waals surface area contributed by atoms with Gasteiger partial charge in [0.2, 0.25) is 0 Å². The van der Waals surface area contributed by atoms with Crippen LogP contribution < -0.4 is 0 Å². The average Bonchev–Trinajstić information content (AvgIpc) is 2.27. The largest absolute Gasteiger partial charge is 0.234 e. The first-order valence-corrected chi connectivity index (χ1v) is 5.50. The number of thiazole rings is 1. The standard InChI is InChI=1S/C8H10BrNS/c1-5-2-3-6-7(4-5)11-8(9)10-6/h5H,2-4H2,1H3. The quantitative estimate of drug-likeness (QED) is 0.670. The van der Waals surface area contributed by atoms with Crippen molar-refractivity contribution in [2.45, 2.75) is 26.2 Å². The summed E-state index contributed by atoms with van der Waals surface area (Å²) >= 11 is 5.22. The Morgan fingerprint density at radius 3 is 3.27 bits per heavy atom. The topological polar surface area (TPSA) is 12.9 Å². The number of aromatic nitrogens is 1. The van der Waals surface area contributed by atoms with Crippen LogP contribution in [-0.4, -0.2) is 4.98 Å². The summed E-state index contributed by atoms with van der Waals surface area (Å²) in [7, 11) is 0. The Labute approximate surface area is 79.0 Å². The molecule has 3 heteroatoms. The molecule has 0 aromatic carbocycles. The fraction of sp³-hybridized carbons (Fsp3) is 0.625. The highest BCUT2D eigenvalue weighted by Gasteiger charge is 2.18. The highest BCUT2D eigenvalue weighted by Crippen LogP contribution is 2.31. The number of fused-ring (bicyclic) bond motifs is 1. The minimum Gasteiger partial charge on any atom is -0.234 e. The third kappa shape index (κ3) is 1.49. The molecule has 11 heavy (non-hydrogen) atoms. The van der Waals surface area contributed by atoms with E-state index in [1.807, 2.05) is 0 Å². The summed E-state index contributed by atoms with van der Waals surface area (Å²) in [6.07, 6.45) is 3.72. The van der Waals surface area contributed by atoms with E-state index in [2.05, 4.69) is 27.8 Å². The van der Waals surface area contributed by atoms with Crippen LogP contribution in [0.5, 0.6) is 0 Å². The number of nitrogens with zero attached hydrogens (tertiary/aromatic N) is 1. The van der Waals surface area contributed by atoms with Crippen LogP contribution in [0.25, 0.3) is 0 Å². The summed E-state index contributed by atoms with van der Waals surface area (Å²) in [6, 6.07) is 0. The first kappa shape index (κ1) is 7.74. The fourth-order valence-electron chi connectivity index (χ4n) is 1.51. The van der Waals surface area contributed by atoms with Crippen LogP contribution >= 0.6 is 27.3 Å². The first-order valence-electron chi connectivity index (χ1n) is 3.90. The molecule has 1 atom stereocenters. The van der Waals surface area contributed by atoms with Crippen LogP contribution in [0.3, 0.4) is 0 Å². The predicted molar refractivity (Wildman–Crippen MR) is 51.0 cm³/mol. The van der Waals surface area contributed by atoms with Crippen molar-refractivity contribution in [2.75, 3.05) is 0 Å². The highest BCUT2D eigenvalue weighted by atomic mass is 79.9. The molecule has 0 radical (unpaired) electrons. The molecule has 1 nitrogen and oxygen atoms in total. The van der Waals surface area contributed by atoms with Crippen molar-refractivity contribution in [2.24, 2.45) is 5.92 Å². The SMILES string of the molecule is CC1CCc2nc(Br)sc2C1. The average molecular weight is 232 g/mol. The zero-order valence-corrected chi connectivity index (χ0v) is 8.83. The molecule has 0 amide bonds. The molecule has 0 aliphatic heterocycles. The molecule has 60 valence electrons. The third-order valence-electron chi connectivity index (χ3n) is 2.16. The molecule has 1 aliphatic carbocycles. The van der Waals surface area contributed by atoms with Gasteiger partial charge in [-0.1, -0.05) is 6.92 Å². The maximum atomic E-state index is 4.42. The van der Waals surface area contributed by atoms with Crippen molar-refractivity contribution in [3.05, 3.63) is 14.5 Å². The van der Waals surface area contributed by atoms with Crippen LogP contribution in [0, 0.1) is 5.92 Å². The molecule has 0 saturated heterocycles. The van der Waals surface area contributed by atoms with E-state index in [1.165, 1.54) is 29.8 Å². The molecular weight excluding hydrogens is 222 g/mol. The second kappa shape index (κ2) is 2.87. The van der Waals surface area contributed by atoms with E-state index in [0.717, 1.165) is 9.83 Å². The van der Waals surface area contributed by atoms with Gasteiger partial charge >= 0.3 is 0 Å². The normalized spacial score (nSPS) is 23.3. The van der Waals surface area contributed by atoms with E-state index in [0.29, 0.717) is 0 Å². The minimum absolute atomic E-state index is 0.856. The summed E-state index contributed by atoms with van der Waals surface area (Å²) in [5, 5.41) is 0. The number of hydrogen-bond acceptors (Lipinski definition) is 2. The summed E-state index contributed by atoms with van der Waals surface area (Å²) in [6.45, 7) is 2.32. The molecular formula is C8H10BrNS. The molecule has 1 aromatic heterocycles. The molecule has 1 aromatic rings. The number of rotatable bonds is 0. The van der Waals surface area contributed by atoms with Gasteiger partial charge < -0.3 is 0 Å². The Bertz CT molecular complexity index is 269. The number of aryl methyl sites for hydroxylation is 1. The lowest BCUT2D eigenvalue weighted by Crippen LogP contribution is -2.08. The second-order valence-corrected chi connectivity index (χ2v) is 5.54. The van der Waals surface area contributed by atoms with Crippen LogP contribution in [-0.2, 0) is 12.8 Å². The number of hydrogen-bond donors (Lipinski definition) is 0. The lowest BCUT2D eigenvalue weighted by Gasteiger charge is -2.15. The van der Waals surface area contributed by atoms with Gasteiger partial charge in [0.25, 0.3) is 0 Å². The first-order chi connectivity index (χ1) is 5.25. The van der Waals surface area contributed by atoms with Gasteiger partial charge in [-0.3, -0.25) is 0 Å². The zero-order chi connectivity index (χ0) is 7.84. The monoisotopic (exact) mass is 231 g/mol. The van der Waals surface area contributed by atoms with Gasteiger partial charge in [-0.2, -0.15) is 0 Å². The molecule has 0 saturated carbocycles. The Morgan fingerprint density at radius 1 is 1.64 bits per heavy atom. The maximum absolute atomic E-state index is 4.42. The van der Waals surface area contributed by atoms with Crippen LogP contribution in [0.1, 0.15) is 23.9 Å². The van der Waals surface area contributed by atoms with Gasteiger partial charge in [-0.05, 0) is 41.1 Å². The van der Waals surface area contributed by atoms with Crippen molar-refractivity contribution >= 4 is 27.3 Å². The van der Waals surface area contributed by atoms with E-state index < -0.39 is 0 Å². The molecule has 0 bridgehead atoms. The highest BCUT2D eigenvalue weighted by molar-refractivity contribution is 9.11. The number of halogens is 1. The van der Waals surface area contributed by atoms with Crippen molar-refractivity contribution in [1.29, 1.82) is 0 Å². The van der Waals surface area contributed by atoms with Gasteiger partial charge in [0.1, 0.15) is 0 Å². The second-order valence-electron chi connectivity index (χ2n) is 3.18. The zero-order valence-electron chi connectivity index (χ0n) is 6.43. The predicted octanol–water partition coefficient (Wildman–Crippen LogP) is 3.03. The van der Waals surface area contributed by atoms with Crippen molar-refractivity contribution < 1.29 is 0 Å². The Balaban J connectivity index is 2.34. The molecule has 1 unspecified atom stereocenters. The maximum Gasteiger partial charge on any atom is 0.159 e. The van der Waals surface area contributed by atoms with Gasteiger partial charge in [0.15, 0.2) is 3.92 Å². The Morgan fingerprint density at radius 2 is 2.45 bits per heavy atom. The van der Waals surface area contributed by atoms with Gasteiger partial charge in [-0.25, -0.2) is 4.98 Å². The molecule has 0 spiro atoms. The summed E-state index contributed by atoms with van der Waals surface area (Å²) in [5.41, 5.74) is 1.33. The van der Waals surface area contributed by atoms with Crippen LogP contribution in [0.4, 0.5) is 0 Å². The van der Waals surface area contributed by atoms with Gasteiger partial charge in [0.05, 0.1) is 5.69 Å². The molecule has 0 fully saturated rings. The van der Waals surface area contributed by atoms with Gasteiger partial charge in [0, 0.05) is 4.88 Å². The van der Waals surface area contributed by atoms with Gasteiger partial charge in [-0.15, -0.1) is 11.3 Å². The molecule has 1 heterocycles. The van der Waals surface area contributed by atoms with E-state index in [4.69, 9.17) is 0 Å². The van der Waals surface area contributed by atoms with Crippen molar-refractivity contribution in [3.63, 3.8) is 0 Å². The third-order valence-corrected chi connectivity index (χ3v) is 3.73. The van der Waals surface area contributed by atoms with E-state index in [-0.39, 0.29) is 0 Å².